The number of hydrogen-bond acceptors (Lipinski definition) is 8. The molecule has 0 aliphatic rings. The van der Waals surface area contributed by atoms with Crippen molar-refractivity contribution in [2.24, 2.45) is 20.4 Å². The minimum absolute atomic E-state index is 0. The Hall–Kier alpha value is -2.65. The predicted molar refractivity (Wildman–Crippen MR) is 139 cm³/mol. The average Bonchev–Trinajstić information content (AvgIpc) is 2.75. The monoisotopic (exact) mass is 582 g/mol. The summed E-state index contributed by atoms with van der Waals surface area (Å²) in [4.78, 5) is 0. The molecule has 0 amide bonds. The van der Waals surface area contributed by atoms with Gasteiger partial charge in [-0.05, 0) is 89.1 Å². The van der Waals surface area contributed by atoms with Crippen molar-refractivity contribution >= 4 is 46.4 Å². The molecule has 0 fully saturated rings. The quantitative estimate of drug-likeness (QED) is 0.202. The van der Waals surface area contributed by atoms with Crippen molar-refractivity contribution < 1.29 is 41.7 Å². The third kappa shape index (κ3) is 15.4. The molecular weight excluding hydrogens is 554 g/mol. The molecular formula is C24H30Cl2N4NiO5. The van der Waals surface area contributed by atoms with Crippen LogP contribution in [0.15, 0.2) is 56.8 Å². The van der Waals surface area contributed by atoms with Crippen LogP contribution in [0.1, 0.15) is 38.8 Å². The van der Waals surface area contributed by atoms with Crippen LogP contribution in [0.5, 0.6) is 11.5 Å². The molecule has 2 rings (SSSR count). The molecule has 0 aliphatic carbocycles. The minimum atomic E-state index is -0.416. The van der Waals surface area contributed by atoms with E-state index in [4.69, 9.17) is 32.7 Å². The summed E-state index contributed by atoms with van der Waals surface area (Å²) in [5.41, 5.74) is 3.20. The van der Waals surface area contributed by atoms with Crippen LogP contribution in [0, 0.1) is 13.8 Å². The van der Waals surface area contributed by atoms with Crippen molar-refractivity contribution in [2.75, 3.05) is 13.2 Å². The van der Waals surface area contributed by atoms with E-state index < -0.39 is 11.8 Å². The van der Waals surface area contributed by atoms with Gasteiger partial charge >= 0.3 is 16.5 Å². The largest absolute Gasteiger partial charge is 2.00 e. The average molecular weight is 584 g/mol. The van der Waals surface area contributed by atoms with Crippen LogP contribution in [-0.2, 0) is 16.5 Å². The van der Waals surface area contributed by atoms with Crippen LogP contribution in [-0.4, -0.2) is 41.9 Å². The van der Waals surface area contributed by atoms with E-state index in [-0.39, 0.29) is 35.2 Å². The fourth-order valence-corrected chi connectivity index (χ4v) is 2.65. The molecule has 36 heavy (non-hydrogen) atoms. The fourth-order valence-electron chi connectivity index (χ4n) is 2.20. The zero-order valence-electron chi connectivity index (χ0n) is 20.9. The number of rotatable bonds is 8. The maximum Gasteiger partial charge on any atom is 2.00 e. The van der Waals surface area contributed by atoms with Crippen LogP contribution in [0.3, 0.4) is 0 Å². The predicted octanol–water partition coefficient (Wildman–Crippen LogP) is 3.54. The maximum absolute atomic E-state index is 11.3. The van der Waals surface area contributed by atoms with Gasteiger partial charge in [0.2, 0.25) is 0 Å². The summed E-state index contributed by atoms with van der Waals surface area (Å²) in [5.74, 6) is 0.409. The Balaban J connectivity index is 0. The van der Waals surface area contributed by atoms with Crippen LogP contribution < -0.4 is 19.7 Å². The number of hydrogen-bond donors (Lipinski definition) is 0. The number of benzene rings is 2. The molecule has 0 bridgehead atoms. The third-order valence-corrected chi connectivity index (χ3v) is 4.17. The van der Waals surface area contributed by atoms with E-state index in [0.717, 1.165) is 22.6 Å². The summed E-state index contributed by atoms with van der Waals surface area (Å²) in [5, 5.41) is 38.1. The van der Waals surface area contributed by atoms with E-state index >= 15 is 0 Å². The molecule has 12 heteroatoms. The van der Waals surface area contributed by atoms with Gasteiger partial charge in [0.1, 0.15) is 24.7 Å². The normalized spacial score (nSPS) is 10.6. The second-order valence-corrected chi connectivity index (χ2v) is 8.35. The van der Waals surface area contributed by atoms with Crippen molar-refractivity contribution in [3.63, 3.8) is 0 Å². The van der Waals surface area contributed by atoms with Gasteiger partial charge in [-0.15, -0.1) is 0 Å². The molecule has 0 aliphatic heterocycles. The molecule has 0 saturated carbocycles. The molecule has 0 heterocycles. The Morgan fingerprint density at radius 2 is 1.03 bits per heavy atom. The standard InChI is InChI=1S/2C12H15ClN2O2.Ni.H2O/c2*1-8(2)14-15-12(16)7-17-11-5-4-10(13)6-9(11)3;;/h2*4-6H,7H2,1-3H3,(H,15,16);;1H2/q;;+2;/p-2. The van der Waals surface area contributed by atoms with Crippen molar-refractivity contribution in [3.8, 4) is 11.5 Å². The fraction of sp³-hybridized carbons (Fsp3) is 0.333. The van der Waals surface area contributed by atoms with Crippen molar-refractivity contribution in [2.45, 2.75) is 41.5 Å². The van der Waals surface area contributed by atoms with Crippen LogP contribution in [0.25, 0.3) is 0 Å². The molecule has 0 atom stereocenters. The molecule has 200 valence electrons. The second kappa shape index (κ2) is 18.6. The smallest absolute Gasteiger partial charge is 0.858 e. The van der Waals surface area contributed by atoms with Crippen LogP contribution in [0.4, 0.5) is 0 Å². The Kier molecular flexibility index (Phi) is 18.3. The summed E-state index contributed by atoms with van der Waals surface area (Å²) in [7, 11) is 0. The van der Waals surface area contributed by atoms with E-state index in [2.05, 4.69) is 20.4 Å². The van der Waals surface area contributed by atoms with Gasteiger partial charge in [-0.2, -0.15) is 20.4 Å². The third-order valence-electron chi connectivity index (χ3n) is 3.70. The molecule has 2 N–H and O–H groups in total. The topological polar surface area (TPSA) is 146 Å². The molecule has 0 aromatic heterocycles. The number of aryl methyl sites for hydroxylation is 2. The zero-order valence-corrected chi connectivity index (χ0v) is 23.4. The van der Waals surface area contributed by atoms with Gasteiger partial charge in [-0.1, -0.05) is 23.2 Å². The summed E-state index contributed by atoms with van der Waals surface area (Å²) in [6.45, 7) is 10.5. The Morgan fingerprint density at radius 3 is 1.31 bits per heavy atom. The van der Waals surface area contributed by atoms with Gasteiger partial charge in [-0.25, -0.2) is 0 Å². The summed E-state index contributed by atoms with van der Waals surface area (Å²) >= 11 is 11.6. The molecule has 0 unspecified atom stereocenters. The first-order chi connectivity index (χ1) is 16.0. The molecule has 2 aromatic carbocycles. The number of halogens is 2. The van der Waals surface area contributed by atoms with Gasteiger partial charge < -0.3 is 25.2 Å². The summed E-state index contributed by atoms with van der Waals surface area (Å²) in [6.07, 6.45) is 0. The minimum Gasteiger partial charge on any atom is -0.858 e. The van der Waals surface area contributed by atoms with Gasteiger partial charge in [-0.3, -0.25) is 0 Å². The van der Waals surface area contributed by atoms with Gasteiger partial charge in [0.15, 0.2) is 0 Å². The SMILES string of the molecule is CC(C)=N/N=C(\[O-])COc1ccc(Cl)cc1C.CC(C)=N/N=C(\[O-])COc1ccc(Cl)cc1C.O.[Ni+2]. The molecule has 0 saturated heterocycles. The Morgan fingerprint density at radius 1 is 0.694 bits per heavy atom. The maximum atomic E-state index is 11.3. The van der Waals surface area contributed by atoms with Crippen molar-refractivity contribution in [3.05, 3.63) is 57.6 Å². The van der Waals surface area contributed by atoms with Gasteiger partial charge in [0.05, 0.1) is 0 Å². The molecule has 9 nitrogen and oxygen atoms in total. The first-order valence-corrected chi connectivity index (χ1v) is 11.0. The first kappa shape index (κ1) is 35.5. The Bertz CT molecular complexity index is 999. The van der Waals surface area contributed by atoms with Gasteiger partial charge in [0, 0.05) is 33.3 Å². The first-order valence-electron chi connectivity index (χ1n) is 10.2. The van der Waals surface area contributed by atoms with E-state index in [1.54, 1.807) is 64.1 Å². The van der Waals surface area contributed by atoms with E-state index in [9.17, 15) is 10.2 Å². The molecule has 2 aromatic rings. The summed E-state index contributed by atoms with van der Waals surface area (Å²) in [6, 6.07) is 10.4. The van der Waals surface area contributed by atoms with Crippen molar-refractivity contribution in [1.82, 2.24) is 0 Å². The van der Waals surface area contributed by atoms with Crippen LogP contribution >= 0.6 is 23.2 Å². The van der Waals surface area contributed by atoms with E-state index in [1.807, 2.05) is 13.8 Å². The van der Waals surface area contributed by atoms with Gasteiger partial charge in [0.25, 0.3) is 0 Å². The second-order valence-electron chi connectivity index (χ2n) is 7.48. The summed E-state index contributed by atoms with van der Waals surface area (Å²) < 4.78 is 10.6. The number of ether oxygens (including phenoxy) is 2. The van der Waals surface area contributed by atoms with Crippen molar-refractivity contribution in [1.29, 1.82) is 0 Å². The zero-order chi connectivity index (χ0) is 25.7. The van der Waals surface area contributed by atoms with E-state index in [1.165, 1.54) is 0 Å². The van der Waals surface area contributed by atoms with Crippen LogP contribution in [0.2, 0.25) is 10.0 Å². The number of nitrogens with zero attached hydrogens (tertiary/aromatic N) is 4. The van der Waals surface area contributed by atoms with E-state index in [0.29, 0.717) is 21.5 Å². The Labute approximate surface area is 231 Å². The molecule has 0 spiro atoms. The molecule has 0 radical (unpaired) electrons.